The molecule has 2 atom stereocenters. The van der Waals surface area contributed by atoms with E-state index < -0.39 is 0 Å². The maximum absolute atomic E-state index is 6.14. The highest BCUT2D eigenvalue weighted by Crippen LogP contribution is 2.44. The Morgan fingerprint density at radius 3 is 2.62 bits per heavy atom. The van der Waals surface area contributed by atoms with Crippen molar-refractivity contribution in [1.82, 2.24) is 5.32 Å². The predicted octanol–water partition coefficient (Wildman–Crippen LogP) is 4.55. The van der Waals surface area contributed by atoms with Crippen molar-refractivity contribution in [2.24, 2.45) is 0 Å². The molecule has 1 saturated carbocycles. The van der Waals surface area contributed by atoms with Crippen LogP contribution in [0.25, 0.3) is 0 Å². The van der Waals surface area contributed by atoms with E-state index in [1.54, 1.807) is 0 Å². The molecule has 1 spiro atoms. The molecule has 1 heterocycles. The smallest absolute Gasteiger partial charge is 0.0693 e. The molecular formula is C18H27NOS. The third-order valence-corrected chi connectivity index (χ3v) is 6.36. The van der Waals surface area contributed by atoms with Crippen LogP contribution in [0.1, 0.15) is 57.1 Å². The highest BCUT2D eigenvalue weighted by molar-refractivity contribution is 8.00. The van der Waals surface area contributed by atoms with Gasteiger partial charge in [0, 0.05) is 22.8 Å². The zero-order valence-electron chi connectivity index (χ0n) is 13.2. The molecule has 1 aromatic rings. The van der Waals surface area contributed by atoms with Crippen LogP contribution >= 0.6 is 11.8 Å². The molecule has 2 nitrogen and oxygen atoms in total. The minimum absolute atomic E-state index is 0.233. The molecule has 3 rings (SSSR count). The Labute approximate surface area is 133 Å². The van der Waals surface area contributed by atoms with Gasteiger partial charge in [0.2, 0.25) is 0 Å². The van der Waals surface area contributed by atoms with Crippen molar-refractivity contribution in [3.8, 4) is 0 Å². The number of nitrogens with one attached hydrogen (secondary N) is 1. The Bertz CT molecular complexity index is 453. The second kappa shape index (κ2) is 6.72. The molecule has 3 heteroatoms. The predicted molar refractivity (Wildman–Crippen MR) is 89.9 cm³/mol. The lowest BCUT2D eigenvalue weighted by Gasteiger charge is -2.38. The molecule has 0 radical (unpaired) electrons. The number of rotatable bonds is 4. The van der Waals surface area contributed by atoms with Crippen LogP contribution in [0.15, 0.2) is 29.2 Å². The Morgan fingerprint density at radius 1 is 1.24 bits per heavy atom. The summed E-state index contributed by atoms with van der Waals surface area (Å²) >= 11 is 2.05. The molecular weight excluding hydrogens is 278 g/mol. The molecule has 1 saturated heterocycles. The Kier molecular flexibility index (Phi) is 4.92. The normalized spacial score (nSPS) is 26.1. The van der Waals surface area contributed by atoms with E-state index in [4.69, 9.17) is 4.74 Å². The topological polar surface area (TPSA) is 21.3 Å². The van der Waals surface area contributed by atoms with Crippen molar-refractivity contribution < 1.29 is 4.74 Å². The number of ether oxygens (including phenoxy) is 1. The van der Waals surface area contributed by atoms with Gasteiger partial charge in [-0.05, 0) is 57.4 Å². The lowest BCUT2D eigenvalue weighted by molar-refractivity contribution is -0.0703. The molecule has 1 aliphatic heterocycles. The summed E-state index contributed by atoms with van der Waals surface area (Å²) < 4.78 is 6.14. The average molecular weight is 305 g/mol. The highest BCUT2D eigenvalue weighted by Gasteiger charge is 2.40. The van der Waals surface area contributed by atoms with Gasteiger partial charge in [-0.1, -0.05) is 25.0 Å². The van der Waals surface area contributed by atoms with E-state index in [-0.39, 0.29) is 5.60 Å². The lowest BCUT2D eigenvalue weighted by atomic mass is 9.92. The van der Waals surface area contributed by atoms with Crippen molar-refractivity contribution >= 4 is 11.8 Å². The van der Waals surface area contributed by atoms with Gasteiger partial charge in [0.25, 0.3) is 0 Å². The number of hydrogen-bond acceptors (Lipinski definition) is 3. The van der Waals surface area contributed by atoms with E-state index in [2.05, 4.69) is 48.3 Å². The molecule has 0 amide bonds. The van der Waals surface area contributed by atoms with E-state index >= 15 is 0 Å². The Morgan fingerprint density at radius 2 is 1.95 bits per heavy atom. The molecule has 0 bridgehead atoms. The van der Waals surface area contributed by atoms with Gasteiger partial charge in [-0.2, -0.15) is 0 Å². The first-order valence-electron chi connectivity index (χ1n) is 8.29. The van der Waals surface area contributed by atoms with E-state index in [0.717, 1.165) is 11.9 Å². The van der Waals surface area contributed by atoms with Gasteiger partial charge in [-0.25, -0.2) is 0 Å². The SMILES string of the molecule is CNC(C)c1ccc(SC2CCOC3(CCCC3)C2)cc1. The van der Waals surface area contributed by atoms with Crippen LogP contribution in [-0.4, -0.2) is 24.5 Å². The summed E-state index contributed by atoms with van der Waals surface area (Å²) in [4.78, 5) is 1.40. The fourth-order valence-electron chi connectivity index (χ4n) is 3.65. The maximum Gasteiger partial charge on any atom is 0.0693 e. The van der Waals surface area contributed by atoms with Gasteiger partial charge in [0.15, 0.2) is 0 Å². The molecule has 2 fully saturated rings. The number of hydrogen-bond donors (Lipinski definition) is 1. The fraction of sp³-hybridized carbons (Fsp3) is 0.667. The molecule has 116 valence electrons. The lowest BCUT2D eigenvalue weighted by Crippen LogP contribution is -2.38. The van der Waals surface area contributed by atoms with Gasteiger partial charge in [0.1, 0.15) is 0 Å². The number of thioether (sulfide) groups is 1. The van der Waals surface area contributed by atoms with Crippen molar-refractivity contribution in [2.45, 2.75) is 67.2 Å². The highest BCUT2D eigenvalue weighted by atomic mass is 32.2. The summed E-state index contributed by atoms with van der Waals surface area (Å²) in [5.41, 5.74) is 1.59. The van der Waals surface area contributed by atoms with Gasteiger partial charge in [-0.3, -0.25) is 0 Å². The van der Waals surface area contributed by atoms with E-state index in [1.807, 2.05) is 7.05 Å². The van der Waals surface area contributed by atoms with Gasteiger partial charge < -0.3 is 10.1 Å². The molecule has 2 unspecified atom stereocenters. The second-order valence-corrected chi connectivity index (χ2v) is 7.92. The first-order valence-corrected chi connectivity index (χ1v) is 9.17. The van der Waals surface area contributed by atoms with Crippen molar-refractivity contribution in [2.75, 3.05) is 13.7 Å². The van der Waals surface area contributed by atoms with Crippen molar-refractivity contribution in [3.05, 3.63) is 29.8 Å². The summed E-state index contributed by atoms with van der Waals surface area (Å²) in [7, 11) is 2.01. The first kappa shape index (κ1) is 15.4. The van der Waals surface area contributed by atoms with E-state index in [9.17, 15) is 0 Å². The maximum atomic E-state index is 6.14. The van der Waals surface area contributed by atoms with Gasteiger partial charge >= 0.3 is 0 Å². The van der Waals surface area contributed by atoms with Crippen LogP contribution < -0.4 is 5.32 Å². The fourth-order valence-corrected chi connectivity index (χ4v) is 4.92. The zero-order chi connectivity index (χ0) is 14.7. The van der Waals surface area contributed by atoms with Gasteiger partial charge in [-0.15, -0.1) is 11.8 Å². The van der Waals surface area contributed by atoms with E-state index in [0.29, 0.717) is 6.04 Å². The monoisotopic (exact) mass is 305 g/mol. The van der Waals surface area contributed by atoms with Crippen LogP contribution in [0.2, 0.25) is 0 Å². The summed E-state index contributed by atoms with van der Waals surface area (Å²) in [6.45, 7) is 3.15. The average Bonchev–Trinajstić information content (AvgIpc) is 2.95. The minimum atomic E-state index is 0.233. The third-order valence-electron chi connectivity index (χ3n) is 5.08. The summed E-state index contributed by atoms with van der Waals surface area (Å²) in [6.07, 6.45) is 7.71. The summed E-state index contributed by atoms with van der Waals surface area (Å²) in [5, 5.41) is 4.02. The van der Waals surface area contributed by atoms with Crippen LogP contribution in [0.5, 0.6) is 0 Å². The largest absolute Gasteiger partial charge is 0.375 e. The molecule has 1 aromatic carbocycles. The molecule has 1 N–H and O–H groups in total. The quantitative estimate of drug-likeness (QED) is 0.881. The molecule has 1 aliphatic carbocycles. The van der Waals surface area contributed by atoms with Gasteiger partial charge in [0.05, 0.1) is 5.60 Å². The Hall–Kier alpha value is -0.510. The molecule has 2 aliphatic rings. The summed E-state index contributed by atoms with van der Waals surface area (Å²) in [6, 6.07) is 9.51. The van der Waals surface area contributed by atoms with Crippen LogP contribution in [0.3, 0.4) is 0 Å². The third kappa shape index (κ3) is 3.64. The summed E-state index contributed by atoms with van der Waals surface area (Å²) in [5.74, 6) is 0. The molecule has 21 heavy (non-hydrogen) atoms. The number of benzene rings is 1. The Balaban J connectivity index is 1.60. The van der Waals surface area contributed by atoms with Crippen LogP contribution in [-0.2, 0) is 4.74 Å². The second-order valence-electron chi connectivity index (χ2n) is 6.55. The zero-order valence-corrected chi connectivity index (χ0v) is 14.0. The minimum Gasteiger partial charge on any atom is -0.375 e. The van der Waals surface area contributed by atoms with E-state index in [1.165, 1.54) is 49.0 Å². The van der Waals surface area contributed by atoms with Crippen molar-refractivity contribution in [1.29, 1.82) is 0 Å². The van der Waals surface area contributed by atoms with Crippen LogP contribution in [0.4, 0.5) is 0 Å². The standard InChI is InChI=1S/C18H27NOS/c1-14(19-2)15-5-7-16(8-6-15)21-17-9-12-20-18(13-17)10-3-4-11-18/h5-8,14,17,19H,3-4,9-13H2,1-2H3. The van der Waals surface area contributed by atoms with Crippen LogP contribution in [0, 0.1) is 0 Å². The first-order chi connectivity index (χ1) is 10.2. The van der Waals surface area contributed by atoms with Crippen molar-refractivity contribution in [3.63, 3.8) is 0 Å². The molecule has 0 aromatic heterocycles.